The number of nitrogens with one attached hydrogen (secondary N) is 1. The van der Waals surface area contributed by atoms with Gasteiger partial charge in [-0.15, -0.1) is 0 Å². The van der Waals surface area contributed by atoms with E-state index in [9.17, 15) is 9.59 Å². The van der Waals surface area contributed by atoms with Gasteiger partial charge in [0, 0.05) is 0 Å². The van der Waals surface area contributed by atoms with Crippen LogP contribution in [0.25, 0.3) is 0 Å². The van der Waals surface area contributed by atoms with Gasteiger partial charge in [0.2, 0.25) is 0 Å². The van der Waals surface area contributed by atoms with Gasteiger partial charge in [0.1, 0.15) is 5.84 Å². The topological polar surface area (TPSA) is 99.0 Å². The number of aromatic carboxylic acids is 1. The Morgan fingerprint density at radius 2 is 1.88 bits per heavy atom. The zero-order valence-corrected chi connectivity index (χ0v) is 8.47. The molecule has 3 N–H and O–H groups in total. The molecule has 0 saturated heterocycles. The third-order valence-corrected chi connectivity index (χ3v) is 1.71. The van der Waals surface area contributed by atoms with Crippen molar-refractivity contribution in [2.45, 2.75) is 6.92 Å². The van der Waals surface area contributed by atoms with E-state index < -0.39 is 12.1 Å². The summed E-state index contributed by atoms with van der Waals surface area (Å²) < 4.78 is 0. The number of para-hydroxylation sites is 1. The standard InChI is InChI=1S/C10H10N2O4/c1-6(12-10(15)16)11-8-5-3-2-4-7(8)9(13)14/h2-5H,1H3,(H,11,12)(H,13,14)(H,15,16). The van der Waals surface area contributed by atoms with E-state index >= 15 is 0 Å². The molecule has 0 heterocycles. The Labute approximate surface area is 91.2 Å². The summed E-state index contributed by atoms with van der Waals surface area (Å²) in [5.41, 5.74) is 0.232. The lowest BCUT2D eigenvalue weighted by Gasteiger charge is -2.02. The second-order valence-corrected chi connectivity index (χ2v) is 2.95. The van der Waals surface area contributed by atoms with Gasteiger partial charge < -0.3 is 10.2 Å². The molecule has 0 aromatic heterocycles. The molecular weight excluding hydrogens is 212 g/mol. The van der Waals surface area contributed by atoms with Crippen LogP contribution in [0.2, 0.25) is 0 Å². The summed E-state index contributed by atoms with van der Waals surface area (Å²) in [6, 6.07) is 6.09. The van der Waals surface area contributed by atoms with Crippen molar-refractivity contribution in [1.29, 1.82) is 0 Å². The minimum absolute atomic E-state index is 0.0223. The molecule has 84 valence electrons. The molecule has 6 heteroatoms. The Hall–Kier alpha value is -2.37. The highest BCUT2D eigenvalue weighted by Crippen LogP contribution is 2.18. The number of rotatable bonds is 2. The monoisotopic (exact) mass is 222 g/mol. The molecule has 0 unspecified atom stereocenters. The fourth-order valence-corrected chi connectivity index (χ4v) is 1.12. The SMILES string of the molecule is CC(=Nc1ccccc1C(=O)O)NC(=O)O. The van der Waals surface area contributed by atoms with Crippen LogP contribution in [0.1, 0.15) is 17.3 Å². The average Bonchev–Trinajstić information content (AvgIpc) is 2.16. The fourth-order valence-electron chi connectivity index (χ4n) is 1.12. The first-order chi connectivity index (χ1) is 7.50. The van der Waals surface area contributed by atoms with E-state index in [4.69, 9.17) is 10.2 Å². The average molecular weight is 222 g/mol. The Bertz CT molecular complexity index is 454. The first-order valence-electron chi connectivity index (χ1n) is 4.38. The second-order valence-electron chi connectivity index (χ2n) is 2.95. The third kappa shape index (κ3) is 3.09. The first kappa shape index (κ1) is 11.7. The molecule has 1 rings (SSSR count). The van der Waals surface area contributed by atoms with Gasteiger partial charge in [0.15, 0.2) is 0 Å². The molecule has 0 aliphatic rings. The van der Waals surface area contributed by atoms with Gasteiger partial charge in [0.05, 0.1) is 11.3 Å². The predicted octanol–water partition coefficient (Wildman–Crippen LogP) is 1.70. The number of carboxylic acid groups (broad SMARTS) is 2. The fraction of sp³-hybridized carbons (Fsp3) is 0.100. The number of carbonyl (C=O) groups is 2. The van der Waals surface area contributed by atoms with Crippen molar-refractivity contribution in [2.24, 2.45) is 4.99 Å². The molecule has 0 fully saturated rings. The van der Waals surface area contributed by atoms with Crippen molar-refractivity contribution in [1.82, 2.24) is 5.32 Å². The van der Waals surface area contributed by atoms with Gasteiger partial charge in [-0.3, -0.25) is 5.32 Å². The quantitative estimate of drug-likeness (QED) is 0.523. The molecule has 0 saturated carbocycles. The largest absolute Gasteiger partial charge is 0.478 e. The van der Waals surface area contributed by atoms with E-state index in [2.05, 4.69) is 4.99 Å². The zero-order chi connectivity index (χ0) is 12.1. The summed E-state index contributed by atoms with van der Waals surface area (Å²) >= 11 is 0. The van der Waals surface area contributed by atoms with Crippen molar-refractivity contribution < 1.29 is 19.8 Å². The Kier molecular flexibility index (Phi) is 3.60. The molecule has 0 spiro atoms. The van der Waals surface area contributed by atoms with Crippen LogP contribution in [0.4, 0.5) is 10.5 Å². The minimum atomic E-state index is -1.24. The Morgan fingerprint density at radius 3 is 2.44 bits per heavy atom. The van der Waals surface area contributed by atoms with E-state index in [1.165, 1.54) is 19.1 Å². The molecule has 0 aliphatic carbocycles. The zero-order valence-electron chi connectivity index (χ0n) is 8.47. The van der Waals surface area contributed by atoms with Crippen LogP contribution in [-0.2, 0) is 0 Å². The van der Waals surface area contributed by atoms with Gasteiger partial charge in [-0.1, -0.05) is 12.1 Å². The number of carboxylic acids is 1. The first-order valence-corrected chi connectivity index (χ1v) is 4.38. The highest BCUT2D eigenvalue weighted by atomic mass is 16.4. The van der Waals surface area contributed by atoms with Gasteiger partial charge in [-0.2, -0.15) is 0 Å². The van der Waals surface area contributed by atoms with Crippen molar-refractivity contribution in [3.05, 3.63) is 29.8 Å². The maximum absolute atomic E-state index is 10.8. The molecule has 6 nitrogen and oxygen atoms in total. The molecule has 1 aromatic carbocycles. The number of hydrogen-bond acceptors (Lipinski definition) is 3. The van der Waals surface area contributed by atoms with Crippen LogP contribution in [-0.4, -0.2) is 28.1 Å². The molecule has 0 atom stereocenters. The predicted molar refractivity (Wildman–Crippen MR) is 57.3 cm³/mol. The number of benzene rings is 1. The number of amides is 1. The molecule has 0 radical (unpaired) electrons. The molecular formula is C10H10N2O4. The van der Waals surface area contributed by atoms with Gasteiger partial charge in [-0.25, -0.2) is 14.6 Å². The summed E-state index contributed by atoms with van der Waals surface area (Å²) in [5, 5.41) is 19.3. The summed E-state index contributed by atoms with van der Waals surface area (Å²) in [5.74, 6) is -0.997. The highest BCUT2D eigenvalue weighted by molar-refractivity contribution is 5.98. The van der Waals surface area contributed by atoms with Crippen molar-refractivity contribution in [2.75, 3.05) is 0 Å². The Balaban J connectivity index is 3.04. The highest BCUT2D eigenvalue weighted by Gasteiger charge is 2.08. The minimum Gasteiger partial charge on any atom is -0.478 e. The van der Waals surface area contributed by atoms with E-state index in [-0.39, 0.29) is 17.1 Å². The van der Waals surface area contributed by atoms with Crippen LogP contribution in [0.5, 0.6) is 0 Å². The van der Waals surface area contributed by atoms with Crippen LogP contribution in [0.15, 0.2) is 29.3 Å². The summed E-state index contributed by atoms with van der Waals surface area (Å²) in [6.45, 7) is 1.44. The normalized spacial score (nSPS) is 10.9. The lowest BCUT2D eigenvalue weighted by Crippen LogP contribution is -2.26. The van der Waals surface area contributed by atoms with E-state index in [1.54, 1.807) is 12.1 Å². The maximum atomic E-state index is 10.8. The second kappa shape index (κ2) is 4.92. The number of aliphatic imine (C=N–C) groups is 1. The maximum Gasteiger partial charge on any atom is 0.410 e. The van der Waals surface area contributed by atoms with Gasteiger partial charge >= 0.3 is 12.1 Å². The van der Waals surface area contributed by atoms with E-state index in [0.717, 1.165) is 0 Å². The lowest BCUT2D eigenvalue weighted by atomic mass is 10.2. The molecule has 1 aromatic rings. The number of amidine groups is 1. The van der Waals surface area contributed by atoms with Crippen LogP contribution < -0.4 is 5.32 Å². The molecule has 0 bridgehead atoms. The van der Waals surface area contributed by atoms with Gasteiger partial charge in [-0.05, 0) is 19.1 Å². The smallest absolute Gasteiger partial charge is 0.410 e. The van der Waals surface area contributed by atoms with E-state index in [1.807, 2.05) is 5.32 Å². The third-order valence-electron chi connectivity index (χ3n) is 1.71. The van der Waals surface area contributed by atoms with Crippen LogP contribution in [0, 0.1) is 0 Å². The number of hydrogen-bond donors (Lipinski definition) is 3. The molecule has 0 aliphatic heterocycles. The summed E-state index contributed by atoms with van der Waals surface area (Å²) in [6.07, 6.45) is -1.24. The van der Waals surface area contributed by atoms with Crippen molar-refractivity contribution in [3.63, 3.8) is 0 Å². The molecule has 1 amide bonds. The van der Waals surface area contributed by atoms with Crippen LogP contribution >= 0.6 is 0 Å². The summed E-state index contributed by atoms with van der Waals surface area (Å²) in [4.78, 5) is 25.0. The van der Waals surface area contributed by atoms with Gasteiger partial charge in [0.25, 0.3) is 0 Å². The lowest BCUT2D eigenvalue weighted by molar-refractivity contribution is 0.0698. The number of nitrogens with zero attached hydrogens (tertiary/aromatic N) is 1. The molecule has 16 heavy (non-hydrogen) atoms. The van der Waals surface area contributed by atoms with E-state index in [0.29, 0.717) is 0 Å². The Morgan fingerprint density at radius 1 is 1.25 bits per heavy atom. The van der Waals surface area contributed by atoms with Crippen molar-refractivity contribution >= 4 is 23.6 Å². The summed E-state index contributed by atoms with van der Waals surface area (Å²) in [7, 11) is 0. The van der Waals surface area contributed by atoms with Crippen LogP contribution in [0.3, 0.4) is 0 Å². The van der Waals surface area contributed by atoms with Crippen molar-refractivity contribution in [3.8, 4) is 0 Å².